The maximum absolute atomic E-state index is 11.4. The molecule has 1 aliphatic carbocycles. The number of carbonyl (C=O) groups excluding carboxylic acids is 1. The highest BCUT2D eigenvalue weighted by Crippen LogP contribution is 2.49. The number of terminal acetylenes is 1. The third kappa shape index (κ3) is 1.83. The van der Waals surface area contributed by atoms with E-state index in [1.54, 1.807) is 0 Å². The molecule has 1 unspecified atom stereocenters. The number of rotatable bonds is 1. The van der Waals surface area contributed by atoms with Crippen LogP contribution in [0.2, 0.25) is 0 Å². The summed E-state index contributed by atoms with van der Waals surface area (Å²) in [6.07, 6.45) is 11.1. The molecule has 18 heavy (non-hydrogen) atoms. The van der Waals surface area contributed by atoms with E-state index >= 15 is 0 Å². The van der Waals surface area contributed by atoms with Crippen molar-refractivity contribution in [1.29, 1.82) is 0 Å². The molecule has 4 atom stereocenters. The molecule has 0 bridgehead atoms. The Kier molecular flexibility index (Phi) is 3.42. The summed E-state index contributed by atoms with van der Waals surface area (Å²) < 4.78 is 5.66. The van der Waals surface area contributed by atoms with Crippen molar-refractivity contribution in [2.75, 3.05) is 13.6 Å². The second-order valence-electron chi connectivity index (χ2n) is 6.13. The Labute approximate surface area is 110 Å². The molecule has 2 rings (SSSR count). The number of hydrogen-bond acceptors (Lipinski definition) is 2. The van der Waals surface area contributed by atoms with Crippen molar-refractivity contribution < 1.29 is 14.4 Å². The molecule has 1 aliphatic heterocycles. The molecule has 2 aliphatic rings. The normalized spacial score (nSPS) is 43.7. The first-order chi connectivity index (χ1) is 8.45. The Hall–Kier alpha value is -1.01. The standard InChI is InChI=1S/C15H23NO2/c1-5-15(18-12(2)17)10-6-8-13-14(15,3)9-7-11-16(13)4/h1,13H,6-11H2,2-4H3/p+1/t13-,14+,15-/m1/s1. The molecule has 0 amide bonds. The van der Waals surface area contributed by atoms with Crippen LogP contribution in [-0.4, -0.2) is 31.2 Å². The summed E-state index contributed by atoms with van der Waals surface area (Å²) in [7, 11) is 2.24. The smallest absolute Gasteiger partial charge is 0.304 e. The molecule has 0 radical (unpaired) electrons. The van der Waals surface area contributed by atoms with Crippen LogP contribution in [0.15, 0.2) is 0 Å². The van der Waals surface area contributed by atoms with Crippen molar-refractivity contribution in [2.24, 2.45) is 5.41 Å². The number of likely N-dealkylation sites (tertiary alicyclic amines) is 1. The second-order valence-corrected chi connectivity index (χ2v) is 6.13. The molecule has 0 aromatic rings. The van der Waals surface area contributed by atoms with Gasteiger partial charge in [0.2, 0.25) is 0 Å². The molecule has 0 aromatic carbocycles. The Balaban J connectivity index is 2.39. The zero-order chi connectivity index (χ0) is 13.4. The Morgan fingerprint density at radius 1 is 1.44 bits per heavy atom. The third-order valence-electron chi connectivity index (χ3n) is 5.13. The van der Waals surface area contributed by atoms with Crippen LogP contribution in [0.25, 0.3) is 0 Å². The van der Waals surface area contributed by atoms with Gasteiger partial charge in [-0.15, -0.1) is 6.42 Å². The molecule has 1 saturated carbocycles. The lowest BCUT2D eigenvalue weighted by Crippen LogP contribution is -3.16. The van der Waals surface area contributed by atoms with E-state index in [0.29, 0.717) is 6.04 Å². The number of piperidine rings is 1. The summed E-state index contributed by atoms with van der Waals surface area (Å²) in [6, 6.07) is 0.510. The van der Waals surface area contributed by atoms with E-state index in [9.17, 15) is 4.79 Å². The molecular weight excluding hydrogens is 226 g/mol. The van der Waals surface area contributed by atoms with Gasteiger partial charge in [0.1, 0.15) is 0 Å². The highest BCUT2D eigenvalue weighted by Gasteiger charge is 2.60. The number of nitrogens with one attached hydrogen (secondary N) is 1. The van der Waals surface area contributed by atoms with Crippen LogP contribution in [0.1, 0.15) is 46.0 Å². The Bertz CT molecular complexity index is 386. The van der Waals surface area contributed by atoms with Gasteiger partial charge in [-0.1, -0.05) is 5.92 Å². The summed E-state index contributed by atoms with van der Waals surface area (Å²) >= 11 is 0. The number of esters is 1. The molecule has 1 saturated heterocycles. The lowest BCUT2D eigenvalue weighted by molar-refractivity contribution is -0.923. The number of hydrogen-bond donors (Lipinski definition) is 1. The van der Waals surface area contributed by atoms with Crippen molar-refractivity contribution in [3.63, 3.8) is 0 Å². The summed E-state index contributed by atoms with van der Waals surface area (Å²) in [5, 5.41) is 0. The fourth-order valence-electron chi connectivity index (χ4n) is 4.20. The highest BCUT2D eigenvalue weighted by atomic mass is 16.6. The van der Waals surface area contributed by atoms with E-state index in [1.807, 2.05) is 0 Å². The van der Waals surface area contributed by atoms with Gasteiger partial charge in [-0.25, -0.2) is 0 Å². The van der Waals surface area contributed by atoms with Gasteiger partial charge in [0.05, 0.1) is 25.0 Å². The van der Waals surface area contributed by atoms with Crippen LogP contribution in [0.3, 0.4) is 0 Å². The molecule has 3 heteroatoms. The first-order valence-electron chi connectivity index (χ1n) is 6.95. The second kappa shape index (κ2) is 4.59. The summed E-state index contributed by atoms with van der Waals surface area (Å²) in [6.45, 7) is 4.88. The zero-order valence-electron chi connectivity index (χ0n) is 11.7. The molecule has 0 aromatic heterocycles. The Morgan fingerprint density at radius 2 is 2.17 bits per heavy atom. The molecule has 100 valence electrons. The van der Waals surface area contributed by atoms with E-state index in [4.69, 9.17) is 11.2 Å². The molecule has 0 spiro atoms. The first kappa shape index (κ1) is 13.4. The Morgan fingerprint density at radius 3 is 2.78 bits per heavy atom. The van der Waals surface area contributed by atoms with E-state index in [-0.39, 0.29) is 11.4 Å². The fraction of sp³-hybridized carbons (Fsp3) is 0.800. The summed E-state index contributed by atoms with van der Waals surface area (Å²) in [5.74, 6) is 2.60. The lowest BCUT2D eigenvalue weighted by atomic mass is 9.57. The van der Waals surface area contributed by atoms with Gasteiger partial charge in [0, 0.05) is 13.3 Å². The molecule has 2 fully saturated rings. The maximum Gasteiger partial charge on any atom is 0.304 e. The van der Waals surface area contributed by atoms with Gasteiger partial charge in [-0.05, 0) is 32.6 Å². The summed E-state index contributed by atoms with van der Waals surface area (Å²) in [5.41, 5.74) is -0.766. The van der Waals surface area contributed by atoms with Crippen LogP contribution in [0, 0.1) is 17.8 Å². The average molecular weight is 250 g/mol. The average Bonchev–Trinajstić information content (AvgIpc) is 2.30. The largest absolute Gasteiger partial charge is 0.445 e. The molecule has 3 nitrogen and oxygen atoms in total. The maximum atomic E-state index is 11.4. The quantitative estimate of drug-likeness (QED) is 0.551. The van der Waals surface area contributed by atoms with Crippen molar-refractivity contribution in [3.05, 3.63) is 0 Å². The van der Waals surface area contributed by atoms with Crippen molar-refractivity contribution in [1.82, 2.24) is 0 Å². The molecule has 1 N–H and O–H groups in total. The van der Waals surface area contributed by atoms with Crippen LogP contribution < -0.4 is 4.90 Å². The van der Waals surface area contributed by atoms with Gasteiger partial charge in [-0.2, -0.15) is 0 Å². The molecule has 1 heterocycles. The third-order valence-corrected chi connectivity index (χ3v) is 5.13. The summed E-state index contributed by atoms with van der Waals surface area (Å²) in [4.78, 5) is 13.0. The van der Waals surface area contributed by atoms with Crippen LogP contribution in [0.4, 0.5) is 0 Å². The van der Waals surface area contributed by atoms with E-state index < -0.39 is 5.60 Å². The van der Waals surface area contributed by atoms with E-state index in [0.717, 1.165) is 25.7 Å². The SMILES string of the molecule is C#C[C@@]1(OC(C)=O)CCC[C@H]2[NH+](C)CCC[C@@]21C. The predicted octanol–water partition coefficient (Wildman–Crippen LogP) is 0.789. The van der Waals surface area contributed by atoms with Gasteiger partial charge < -0.3 is 9.64 Å². The van der Waals surface area contributed by atoms with Crippen LogP contribution in [0.5, 0.6) is 0 Å². The minimum absolute atomic E-state index is 0.0754. The number of fused-ring (bicyclic) bond motifs is 1. The predicted molar refractivity (Wildman–Crippen MR) is 70.1 cm³/mol. The van der Waals surface area contributed by atoms with Crippen molar-refractivity contribution in [2.45, 2.75) is 57.6 Å². The van der Waals surface area contributed by atoms with Crippen LogP contribution >= 0.6 is 0 Å². The van der Waals surface area contributed by atoms with E-state index in [1.165, 1.54) is 24.8 Å². The highest BCUT2D eigenvalue weighted by molar-refractivity contribution is 5.67. The number of ether oxygens (including phenoxy) is 1. The van der Waals surface area contributed by atoms with Gasteiger partial charge in [0.15, 0.2) is 5.60 Å². The zero-order valence-corrected chi connectivity index (χ0v) is 11.7. The van der Waals surface area contributed by atoms with Crippen molar-refractivity contribution >= 4 is 5.97 Å². The first-order valence-corrected chi connectivity index (χ1v) is 6.95. The van der Waals surface area contributed by atoms with Gasteiger partial charge in [-0.3, -0.25) is 4.79 Å². The van der Waals surface area contributed by atoms with Crippen LogP contribution in [-0.2, 0) is 9.53 Å². The molecular formula is C15H24NO2+. The van der Waals surface area contributed by atoms with Gasteiger partial charge >= 0.3 is 5.97 Å². The van der Waals surface area contributed by atoms with Crippen molar-refractivity contribution in [3.8, 4) is 12.3 Å². The number of carbonyl (C=O) groups is 1. The van der Waals surface area contributed by atoms with Gasteiger partial charge in [0.25, 0.3) is 0 Å². The minimum Gasteiger partial charge on any atom is -0.445 e. The fourth-order valence-corrected chi connectivity index (χ4v) is 4.20. The lowest BCUT2D eigenvalue weighted by Gasteiger charge is -2.55. The topological polar surface area (TPSA) is 30.7 Å². The number of quaternary nitrogens is 1. The van der Waals surface area contributed by atoms with E-state index in [2.05, 4.69) is 19.9 Å². The monoisotopic (exact) mass is 250 g/mol. The minimum atomic E-state index is -0.691.